The molecule has 1 atom stereocenters. The van der Waals surface area contributed by atoms with Gasteiger partial charge in [-0.05, 0) is 51.5 Å². The van der Waals surface area contributed by atoms with Gasteiger partial charge in [0.1, 0.15) is 0 Å². The molecule has 17 heavy (non-hydrogen) atoms. The van der Waals surface area contributed by atoms with Crippen LogP contribution < -0.4 is 5.32 Å². The van der Waals surface area contributed by atoms with E-state index in [1.807, 2.05) is 0 Å². The Morgan fingerprint density at radius 1 is 1.41 bits per heavy atom. The van der Waals surface area contributed by atoms with Crippen LogP contribution in [0.15, 0.2) is 0 Å². The van der Waals surface area contributed by atoms with Crippen LogP contribution in [0.25, 0.3) is 0 Å². The summed E-state index contributed by atoms with van der Waals surface area (Å²) in [5, 5.41) is 8.22. The molecular formula is C14H25N3. The molecule has 1 aliphatic rings. The van der Waals surface area contributed by atoms with E-state index >= 15 is 0 Å². The Kier molecular flexibility index (Phi) is 3.87. The third kappa shape index (κ3) is 2.89. The number of nitrogens with zero attached hydrogens (tertiary/aromatic N) is 2. The molecule has 3 heteroatoms. The highest BCUT2D eigenvalue weighted by molar-refractivity contribution is 5.24. The summed E-state index contributed by atoms with van der Waals surface area (Å²) in [4.78, 5) is 0. The molecule has 0 saturated heterocycles. The second-order valence-corrected chi connectivity index (χ2v) is 5.31. The summed E-state index contributed by atoms with van der Waals surface area (Å²) in [5.74, 6) is 0.932. The molecule has 0 aromatic carbocycles. The summed E-state index contributed by atoms with van der Waals surface area (Å²) in [5.41, 5.74) is 3.95. The van der Waals surface area contributed by atoms with Crippen molar-refractivity contribution >= 4 is 0 Å². The third-order valence-corrected chi connectivity index (χ3v) is 4.00. The van der Waals surface area contributed by atoms with E-state index in [1.165, 1.54) is 29.8 Å². The highest BCUT2D eigenvalue weighted by Gasteiger charge is 2.27. The zero-order valence-corrected chi connectivity index (χ0v) is 11.6. The maximum Gasteiger partial charge on any atom is 0.0628 e. The van der Waals surface area contributed by atoms with Crippen LogP contribution >= 0.6 is 0 Å². The first-order valence-corrected chi connectivity index (χ1v) is 6.89. The zero-order valence-electron chi connectivity index (χ0n) is 11.6. The average molecular weight is 235 g/mol. The predicted octanol–water partition coefficient (Wildman–Crippen LogP) is 2.45. The van der Waals surface area contributed by atoms with Crippen LogP contribution in [-0.2, 0) is 13.0 Å². The topological polar surface area (TPSA) is 29.9 Å². The molecule has 1 aliphatic carbocycles. The fraction of sp³-hybridized carbons (Fsp3) is 0.786. The van der Waals surface area contributed by atoms with Gasteiger partial charge in [-0.15, -0.1) is 0 Å². The number of rotatable bonds is 6. The molecule has 0 bridgehead atoms. The lowest BCUT2D eigenvalue weighted by molar-refractivity contribution is 0.459. The molecule has 1 saturated carbocycles. The summed E-state index contributed by atoms with van der Waals surface area (Å²) in [6.45, 7) is 10.8. The molecule has 1 unspecified atom stereocenters. The van der Waals surface area contributed by atoms with Crippen LogP contribution in [0.5, 0.6) is 0 Å². The highest BCUT2D eigenvalue weighted by atomic mass is 15.3. The summed E-state index contributed by atoms with van der Waals surface area (Å²) < 4.78 is 2.15. The first-order valence-electron chi connectivity index (χ1n) is 6.89. The Morgan fingerprint density at radius 2 is 2.12 bits per heavy atom. The second kappa shape index (κ2) is 5.21. The Morgan fingerprint density at radius 3 is 2.65 bits per heavy atom. The van der Waals surface area contributed by atoms with Crippen LogP contribution in [0, 0.1) is 19.8 Å². The second-order valence-electron chi connectivity index (χ2n) is 5.31. The molecule has 1 aromatic rings. The third-order valence-electron chi connectivity index (χ3n) is 4.00. The molecule has 1 fully saturated rings. The van der Waals surface area contributed by atoms with E-state index < -0.39 is 0 Å². The number of aryl methyl sites for hydroxylation is 1. The van der Waals surface area contributed by atoms with Gasteiger partial charge in [0.25, 0.3) is 0 Å². The fourth-order valence-electron chi connectivity index (χ4n) is 2.62. The van der Waals surface area contributed by atoms with E-state index in [-0.39, 0.29) is 0 Å². The minimum absolute atomic E-state index is 0.678. The maximum absolute atomic E-state index is 4.62. The summed E-state index contributed by atoms with van der Waals surface area (Å²) in [6.07, 6.45) is 3.91. The largest absolute Gasteiger partial charge is 0.312 e. The van der Waals surface area contributed by atoms with Gasteiger partial charge in [0.15, 0.2) is 0 Å². The van der Waals surface area contributed by atoms with Crippen LogP contribution in [-0.4, -0.2) is 22.4 Å². The van der Waals surface area contributed by atoms with Crippen molar-refractivity contribution in [3.8, 4) is 0 Å². The van der Waals surface area contributed by atoms with Gasteiger partial charge in [-0.2, -0.15) is 5.10 Å². The molecule has 1 aromatic heterocycles. The Hall–Kier alpha value is -0.830. The van der Waals surface area contributed by atoms with Gasteiger partial charge >= 0.3 is 0 Å². The average Bonchev–Trinajstić information content (AvgIpc) is 3.08. The summed E-state index contributed by atoms with van der Waals surface area (Å²) >= 11 is 0. The molecule has 96 valence electrons. The zero-order chi connectivity index (χ0) is 12.4. The molecule has 3 nitrogen and oxygen atoms in total. The Labute approximate surface area is 105 Å². The Bertz CT molecular complexity index is 377. The lowest BCUT2D eigenvalue weighted by atomic mass is 10.1. The van der Waals surface area contributed by atoms with E-state index in [0.29, 0.717) is 6.04 Å². The van der Waals surface area contributed by atoms with Gasteiger partial charge in [-0.1, -0.05) is 6.92 Å². The molecule has 2 rings (SSSR count). The van der Waals surface area contributed by atoms with E-state index in [0.717, 1.165) is 25.4 Å². The maximum atomic E-state index is 4.62. The van der Waals surface area contributed by atoms with Crippen LogP contribution in [0.3, 0.4) is 0 Å². The summed E-state index contributed by atoms with van der Waals surface area (Å²) in [6, 6.07) is 0.678. The van der Waals surface area contributed by atoms with E-state index in [1.54, 1.807) is 0 Å². The minimum atomic E-state index is 0.678. The standard InChI is InChI=1S/C14H25N3/c1-5-14-11(3)16-17(12(14)4)9-8-15-10(2)13-6-7-13/h10,13,15H,5-9H2,1-4H3. The highest BCUT2D eigenvalue weighted by Crippen LogP contribution is 2.32. The number of nitrogens with one attached hydrogen (secondary N) is 1. The van der Waals surface area contributed by atoms with Gasteiger partial charge < -0.3 is 5.32 Å². The number of hydrogen-bond acceptors (Lipinski definition) is 2. The fourth-order valence-corrected chi connectivity index (χ4v) is 2.62. The van der Waals surface area contributed by atoms with E-state index in [9.17, 15) is 0 Å². The van der Waals surface area contributed by atoms with Gasteiger partial charge in [-0.25, -0.2) is 0 Å². The van der Waals surface area contributed by atoms with E-state index in [4.69, 9.17) is 0 Å². The predicted molar refractivity (Wildman–Crippen MR) is 71.3 cm³/mol. The first-order chi connectivity index (χ1) is 8.13. The molecular weight excluding hydrogens is 210 g/mol. The molecule has 0 aliphatic heterocycles. The quantitative estimate of drug-likeness (QED) is 0.821. The van der Waals surface area contributed by atoms with E-state index in [2.05, 4.69) is 42.8 Å². The van der Waals surface area contributed by atoms with Crippen molar-refractivity contribution in [2.45, 2.75) is 59.5 Å². The van der Waals surface area contributed by atoms with Crippen LogP contribution in [0.2, 0.25) is 0 Å². The normalized spacial score (nSPS) is 17.4. The lowest BCUT2D eigenvalue weighted by Crippen LogP contribution is -2.31. The summed E-state index contributed by atoms with van der Waals surface area (Å²) in [7, 11) is 0. The van der Waals surface area contributed by atoms with Crippen molar-refractivity contribution in [2.75, 3.05) is 6.54 Å². The van der Waals surface area contributed by atoms with Gasteiger partial charge in [0.05, 0.1) is 12.2 Å². The van der Waals surface area contributed by atoms with Crippen molar-refractivity contribution < 1.29 is 0 Å². The van der Waals surface area contributed by atoms with Crippen molar-refractivity contribution in [1.29, 1.82) is 0 Å². The van der Waals surface area contributed by atoms with Gasteiger partial charge in [-0.3, -0.25) is 4.68 Å². The molecule has 0 amide bonds. The molecule has 1 N–H and O–H groups in total. The number of hydrogen-bond donors (Lipinski definition) is 1. The smallest absolute Gasteiger partial charge is 0.0628 e. The Balaban J connectivity index is 1.85. The molecule has 1 heterocycles. The number of aromatic nitrogens is 2. The molecule has 0 radical (unpaired) electrons. The van der Waals surface area contributed by atoms with Crippen molar-refractivity contribution in [3.63, 3.8) is 0 Å². The molecule has 0 spiro atoms. The van der Waals surface area contributed by atoms with Crippen molar-refractivity contribution in [1.82, 2.24) is 15.1 Å². The SMILES string of the molecule is CCc1c(C)nn(CCNC(C)C2CC2)c1C. The lowest BCUT2D eigenvalue weighted by Gasteiger charge is -2.13. The minimum Gasteiger partial charge on any atom is -0.312 e. The monoisotopic (exact) mass is 235 g/mol. The van der Waals surface area contributed by atoms with Crippen LogP contribution in [0.4, 0.5) is 0 Å². The van der Waals surface area contributed by atoms with Crippen molar-refractivity contribution in [2.24, 2.45) is 5.92 Å². The van der Waals surface area contributed by atoms with Crippen LogP contribution in [0.1, 0.15) is 43.6 Å². The van der Waals surface area contributed by atoms with Gasteiger partial charge in [0.2, 0.25) is 0 Å². The van der Waals surface area contributed by atoms with Crippen molar-refractivity contribution in [3.05, 3.63) is 17.0 Å². The first kappa shape index (κ1) is 12.6. The van der Waals surface area contributed by atoms with Gasteiger partial charge in [0, 0.05) is 18.3 Å².